The molecule has 152 valence electrons. The van der Waals surface area contributed by atoms with Crippen molar-refractivity contribution in [2.24, 2.45) is 0 Å². The maximum Gasteiger partial charge on any atom is 0.250 e. The average molecular weight is 393 g/mol. The molecule has 7 nitrogen and oxygen atoms in total. The van der Waals surface area contributed by atoms with Gasteiger partial charge in [-0.1, -0.05) is 18.2 Å². The van der Waals surface area contributed by atoms with E-state index in [1.807, 2.05) is 48.7 Å². The Kier molecular flexibility index (Phi) is 5.34. The number of para-hydroxylation sites is 2. The number of hydrogen-bond acceptors (Lipinski definition) is 5. The maximum absolute atomic E-state index is 13.2. The number of aromatic nitrogens is 1. The molecule has 1 N–H and O–H groups in total. The summed E-state index contributed by atoms with van der Waals surface area (Å²) < 4.78 is 0. The van der Waals surface area contributed by atoms with Crippen LogP contribution in [0, 0.1) is 0 Å². The molecule has 0 unspecified atom stereocenters. The highest BCUT2D eigenvalue weighted by Crippen LogP contribution is 2.36. The Morgan fingerprint density at radius 3 is 2.45 bits per heavy atom. The van der Waals surface area contributed by atoms with Crippen LogP contribution in [0.4, 0.5) is 11.4 Å². The van der Waals surface area contributed by atoms with Gasteiger partial charge in [0.05, 0.1) is 23.6 Å². The van der Waals surface area contributed by atoms with Crippen molar-refractivity contribution in [2.45, 2.75) is 25.9 Å². The summed E-state index contributed by atoms with van der Waals surface area (Å²) in [5.74, 6) is -0.208. The number of carbonyl (C=O) groups is 2. The van der Waals surface area contributed by atoms with Gasteiger partial charge in [-0.15, -0.1) is 0 Å². The second-order valence-electron chi connectivity index (χ2n) is 8.13. The van der Waals surface area contributed by atoms with Gasteiger partial charge in [0.1, 0.15) is 5.54 Å². The first-order valence-electron chi connectivity index (χ1n) is 10.0. The van der Waals surface area contributed by atoms with E-state index in [0.29, 0.717) is 12.2 Å². The molecule has 1 fully saturated rings. The lowest BCUT2D eigenvalue weighted by atomic mass is 9.96. The standard InChI is InChI=1S/C22H27N5O2/c1-22(2)21(29)24-18-8-3-4-9-19(18)27(22)20(28)16-26-13-11-25(12-14-26)15-17-7-5-6-10-23-17/h3-10H,11-16H2,1-2H3,(H,24,29). The third kappa shape index (κ3) is 4.02. The number of piperazine rings is 1. The van der Waals surface area contributed by atoms with Crippen molar-refractivity contribution in [3.8, 4) is 0 Å². The molecule has 2 aliphatic rings. The van der Waals surface area contributed by atoms with Gasteiger partial charge >= 0.3 is 0 Å². The number of nitrogens with one attached hydrogen (secondary N) is 1. The van der Waals surface area contributed by atoms with Crippen LogP contribution in [0.25, 0.3) is 0 Å². The molecule has 0 atom stereocenters. The number of benzene rings is 1. The van der Waals surface area contributed by atoms with Crippen LogP contribution in [0.2, 0.25) is 0 Å². The van der Waals surface area contributed by atoms with E-state index < -0.39 is 5.54 Å². The molecule has 2 amide bonds. The van der Waals surface area contributed by atoms with Crippen molar-refractivity contribution in [1.29, 1.82) is 0 Å². The lowest BCUT2D eigenvalue weighted by Crippen LogP contribution is -2.61. The summed E-state index contributed by atoms with van der Waals surface area (Å²) in [6.07, 6.45) is 1.82. The van der Waals surface area contributed by atoms with Gasteiger partial charge in [0.25, 0.3) is 0 Å². The molecule has 0 radical (unpaired) electrons. The minimum absolute atomic E-state index is 0.0459. The number of nitrogens with zero attached hydrogens (tertiary/aromatic N) is 4. The summed E-state index contributed by atoms with van der Waals surface area (Å²) in [5.41, 5.74) is 1.59. The molecule has 3 heterocycles. The molecule has 0 saturated carbocycles. The third-order valence-corrected chi connectivity index (χ3v) is 5.69. The maximum atomic E-state index is 13.2. The lowest BCUT2D eigenvalue weighted by Gasteiger charge is -2.43. The minimum Gasteiger partial charge on any atom is -0.322 e. The second-order valence-corrected chi connectivity index (χ2v) is 8.13. The van der Waals surface area contributed by atoms with Crippen molar-refractivity contribution >= 4 is 23.2 Å². The first kappa shape index (κ1) is 19.5. The Morgan fingerprint density at radius 1 is 1.03 bits per heavy atom. The van der Waals surface area contributed by atoms with E-state index in [9.17, 15) is 9.59 Å². The van der Waals surface area contributed by atoms with E-state index in [1.165, 1.54) is 0 Å². The number of fused-ring (bicyclic) bond motifs is 1. The first-order valence-corrected chi connectivity index (χ1v) is 10.0. The monoisotopic (exact) mass is 393 g/mol. The van der Waals surface area contributed by atoms with Gasteiger partial charge in [0, 0.05) is 38.9 Å². The van der Waals surface area contributed by atoms with Crippen LogP contribution < -0.4 is 10.2 Å². The smallest absolute Gasteiger partial charge is 0.250 e. The average Bonchev–Trinajstić information content (AvgIpc) is 2.71. The normalized spacial score (nSPS) is 19.5. The summed E-state index contributed by atoms with van der Waals surface area (Å²) in [4.78, 5) is 36.4. The number of carbonyl (C=O) groups excluding carboxylic acids is 2. The van der Waals surface area contributed by atoms with Crippen LogP contribution in [-0.2, 0) is 16.1 Å². The molecule has 7 heteroatoms. The lowest BCUT2D eigenvalue weighted by molar-refractivity contribution is -0.127. The number of hydrogen-bond donors (Lipinski definition) is 1. The third-order valence-electron chi connectivity index (χ3n) is 5.69. The molecular formula is C22H27N5O2. The van der Waals surface area contributed by atoms with Gasteiger partial charge in [0.2, 0.25) is 11.8 Å². The van der Waals surface area contributed by atoms with Crippen molar-refractivity contribution in [3.63, 3.8) is 0 Å². The van der Waals surface area contributed by atoms with Crippen LogP contribution in [0.15, 0.2) is 48.7 Å². The molecule has 0 spiro atoms. The van der Waals surface area contributed by atoms with Crippen LogP contribution in [0.5, 0.6) is 0 Å². The molecule has 29 heavy (non-hydrogen) atoms. The predicted molar refractivity (Wildman–Crippen MR) is 113 cm³/mol. The molecule has 0 aliphatic carbocycles. The van der Waals surface area contributed by atoms with Crippen molar-refractivity contribution in [1.82, 2.24) is 14.8 Å². The highest BCUT2D eigenvalue weighted by atomic mass is 16.2. The minimum atomic E-state index is -0.924. The molecule has 1 aromatic carbocycles. The van der Waals surface area contributed by atoms with E-state index in [2.05, 4.69) is 20.1 Å². The Hall–Kier alpha value is -2.77. The van der Waals surface area contributed by atoms with E-state index in [4.69, 9.17) is 0 Å². The fourth-order valence-electron chi connectivity index (χ4n) is 3.99. The topological polar surface area (TPSA) is 68.8 Å². The summed E-state index contributed by atoms with van der Waals surface area (Å²) in [7, 11) is 0. The fourth-order valence-corrected chi connectivity index (χ4v) is 3.99. The second kappa shape index (κ2) is 7.93. The summed E-state index contributed by atoms with van der Waals surface area (Å²) in [5, 5.41) is 2.91. The van der Waals surface area contributed by atoms with E-state index in [-0.39, 0.29) is 11.8 Å². The van der Waals surface area contributed by atoms with Gasteiger partial charge in [-0.25, -0.2) is 0 Å². The van der Waals surface area contributed by atoms with Gasteiger partial charge in [-0.2, -0.15) is 0 Å². The van der Waals surface area contributed by atoms with Crippen molar-refractivity contribution in [2.75, 3.05) is 42.9 Å². The first-order chi connectivity index (χ1) is 13.9. The summed E-state index contributed by atoms with van der Waals surface area (Å²) in [6, 6.07) is 13.4. The van der Waals surface area contributed by atoms with E-state index in [0.717, 1.165) is 44.1 Å². The van der Waals surface area contributed by atoms with Gasteiger partial charge in [-0.3, -0.25) is 29.3 Å². The number of anilines is 2. The van der Waals surface area contributed by atoms with Crippen LogP contribution in [0.3, 0.4) is 0 Å². The quantitative estimate of drug-likeness (QED) is 0.860. The zero-order valence-electron chi connectivity index (χ0n) is 17.0. The Balaban J connectivity index is 1.40. The SMILES string of the molecule is CC1(C)C(=O)Nc2ccccc2N1C(=O)CN1CCN(Cc2ccccn2)CC1. The number of pyridine rings is 1. The van der Waals surface area contributed by atoms with Gasteiger partial charge in [-0.05, 0) is 38.1 Å². The number of rotatable bonds is 4. The highest BCUT2D eigenvalue weighted by Gasteiger charge is 2.43. The van der Waals surface area contributed by atoms with Gasteiger partial charge in [0.15, 0.2) is 0 Å². The van der Waals surface area contributed by atoms with Crippen molar-refractivity contribution < 1.29 is 9.59 Å². The summed E-state index contributed by atoms with van der Waals surface area (Å²) in [6.45, 7) is 8.15. The number of amides is 2. The van der Waals surface area contributed by atoms with Crippen LogP contribution in [0.1, 0.15) is 19.5 Å². The largest absolute Gasteiger partial charge is 0.322 e. The highest BCUT2D eigenvalue weighted by molar-refractivity contribution is 6.14. The van der Waals surface area contributed by atoms with E-state index >= 15 is 0 Å². The molecular weight excluding hydrogens is 366 g/mol. The van der Waals surface area contributed by atoms with Crippen LogP contribution in [-0.4, -0.2) is 64.9 Å². The molecule has 0 bridgehead atoms. The molecule has 2 aromatic rings. The summed E-state index contributed by atoms with van der Waals surface area (Å²) >= 11 is 0. The molecule has 2 aliphatic heterocycles. The van der Waals surface area contributed by atoms with Crippen molar-refractivity contribution in [3.05, 3.63) is 54.4 Å². The Bertz CT molecular complexity index is 891. The van der Waals surface area contributed by atoms with Gasteiger partial charge < -0.3 is 5.32 Å². The zero-order valence-corrected chi connectivity index (χ0v) is 17.0. The Morgan fingerprint density at radius 2 is 1.72 bits per heavy atom. The zero-order chi connectivity index (χ0) is 20.4. The Labute approximate surface area is 171 Å². The van der Waals surface area contributed by atoms with Crippen LogP contribution >= 0.6 is 0 Å². The molecule has 4 rings (SSSR count). The molecule has 1 aromatic heterocycles. The molecule has 1 saturated heterocycles. The van der Waals surface area contributed by atoms with E-state index in [1.54, 1.807) is 18.7 Å². The predicted octanol–water partition coefficient (Wildman–Crippen LogP) is 1.96. The fraction of sp³-hybridized carbons (Fsp3) is 0.409.